The van der Waals surface area contributed by atoms with Gasteiger partial charge in [-0.3, -0.25) is 19.4 Å². The van der Waals surface area contributed by atoms with Crippen LogP contribution in [0.1, 0.15) is 34.1 Å². The predicted octanol–water partition coefficient (Wildman–Crippen LogP) is 3.59. The Morgan fingerprint density at radius 3 is 2.47 bits per heavy atom. The largest absolute Gasteiger partial charge is 0.507 e. The van der Waals surface area contributed by atoms with Crippen LogP contribution in [-0.4, -0.2) is 48.6 Å². The second-order valence-corrected chi connectivity index (χ2v) is 8.30. The number of nitrogens with two attached hydrogens (primary N) is 1. The summed E-state index contributed by atoms with van der Waals surface area (Å²) in [5.41, 5.74) is 3.95. The molecule has 10 heteroatoms. The first kappa shape index (κ1) is 23.3. The number of hydrogen-bond acceptors (Lipinski definition) is 8. The molecule has 2 aliphatic rings. The molecule has 1 heterocycles. The Kier molecular flexibility index (Phi) is 5.82. The highest BCUT2D eigenvalue weighted by Crippen LogP contribution is 2.54. The molecule has 9 nitrogen and oxygen atoms in total. The number of ketones is 2. The maximum atomic E-state index is 13.7. The Hall–Kier alpha value is -3.85. The van der Waals surface area contributed by atoms with Crippen molar-refractivity contribution >= 4 is 41.0 Å². The third-order valence-corrected chi connectivity index (χ3v) is 6.36. The number of fused-ring (bicyclic) bond motifs is 1. The number of nitrogens with zero attached hydrogens (tertiary/aromatic N) is 1. The minimum Gasteiger partial charge on any atom is -0.507 e. The van der Waals surface area contributed by atoms with Crippen molar-refractivity contribution < 1.29 is 33.7 Å². The van der Waals surface area contributed by atoms with E-state index < -0.39 is 34.8 Å². The molecule has 2 atom stereocenters. The van der Waals surface area contributed by atoms with Crippen LogP contribution >= 0.6 is 11.6 Å². The summed E-state index contributed by atoms with van der Waals surface area (Å²) >= 11 is 6.41. The topological polar surface area (TPSA) is 138 Å². The molecule has 2 unspecified atom stereocenters. The number of Topliss-reactive ketones (excluding diaryl/α,β-unsaturated/α-hetero) is 2. The number of hydrogen-bond donors (Lipinski definition) is 2. The van der Waals surface area contributed by atoms with Crippen molar-refractivity contribution in [3.05, 3.63) is 57.8 Å². The number of aliphatic hydroxyl groups is 1. The van der Waals surface area contributed by atoms with Crippen molar-refractivity contribution in [3.63, 3.8) is 0 Å². The second kappa shape index (κ2) is 8.49. The molecule has 0 radical (unpaired) electrons. The van der Waals surface area contributed by atoms with Crippen LogP contribution in [-0.2, 0) is 4.79 Å². The summed E-state index contributed by atoms with van der Waals surface area (Å²) in [5.74, 6) is -2.45. The number of rotatable bonds is 5. The van der Waals surface area contributed by atoms with Gasteiger partial charge >= 0.3 is 0 Å². The Balaban J connectivity index is 1.81. The molecule has 1 aliphatic heterocycles. The van der Waals surface area contributed by atoms with Crippen molar-refractivity contribution in [2.75, 3.05) is 14.2 Å². The van der Waals surface area contributed by atoms with Crippen LogP contribution in [0.25, 0.3) is 0 Å². The number of benzene rings is 2. The zero-order valence-electron chi connectivity index (χ0n) is 18.5. The maximum Gasteiger partial charge on any atom is 0.248 e. The van der Waals surface area contributed by atoms with E-state index in [9.17, 15) is 19.5 Å². The highest BCUT2D eigenvalue weighted by atomic mass is 35.5. The highest BCUT2D eigenvalue weighted by Gasteiger charge is 2.60. The van der Waals surface area contributed by atoms with Gasteiger partial charge in [0.05, 0.1) is 25.5 Å². The van der Waals surface area contributed by atoms with Crippen LogP contribution in [0.3, 0.4) is 0 Å². The van der Waals surface area contributed by atoms with E-state index in [1.807, 2.05) is 0 Å². The molecule has 0 aromatic heterocycles. The minimum atomic E-state index is -1.88. The first-order chi connectivity index (χ1) is 16.1. The molecule has 34 heavy (non-hydrogen) atoms. The number of carbonyl (C=O) groups is 3. The molecule has 176 valence electrons. The van der Waals surface area contributed by atoms with Gasteiger partial charge in [0.2, 0.25) is 17.3 Å². The number of amides is 1. The van der Waals surface area contributed by atoms with Gasteiger partial charge in [0.15, 0.2) is 17.3 Å². The van der Waals surface area contributed by atoms with Crippen molar-refractivity contribution in [1.82, 2.24) is 0 Å². The molecule has 1 amide bonds. The van der Waals surface area contributed by atoms with E-state index in [1.54, 1.807) is 6.92 Å². The van der Waals surface area contributed by atoms with Gasteiger partial charge in [0.25, 0.3) is 0 Å². The average Bonchev–Trinajstić information content (AvgIpc) is 3.13. The lowest BCUT2D eigenvalue weighted by Crippen LogP contribution is -2.52. The first-order valence-electron chi connectivity index (χ1n) is 10.2. The molecule has 0 bridgehead atoms. The highest BCUT2D eigenvalue weighted by molar-refractivity contribution is 6.35. The van der Waals surface area contributed by atoms with Gasteiger partial charge in [-0.25, -0.2) is 0 Å². The van der Waals surface area contributed by atoms with Crippen LogP contribution in [0.4, 0.5) is 5.69 Å². The van der Waals surface area contributed by atoms with Crippen molar-refractivity contribution in [1.29, 1.82) is 0 Å². The summed E-state index contributed by atoms with van der Waals surface area (Å²) in [4.78, 5) is 41.9. The molecule has 3 N–H and O–H groups in total. The van der Waals surface area contributed by atoms with Gasteiger partial charge < -0.3 is 25.1 Å². The number of aliphatic imine (C=N–C) groups is 1. The van der Waals surface area contributed by atoms with Gasteiger partial charge in [0.1, 0.15) is 22.1 Å². The van der Waals surface area contributed by atoms with E-state index in [0.717, 1.165) is 0 Å². The zero-order chi connectivity index (χ0) is 24.8. The lowest BCUT2D eigenvalue weighted by molar-refractivity contribution is -0.118. The molecule has 0 saturated heterocycles. The molecule has 1 aliphatic carbocycles. The van der Waals surface area contributed by atoms with Gasteiger partial charge in [-0.2, -0.15) is 0 Å². The predicted molar refractivity (Wildman–Crippen MR) is 124 cm³/mol. The third kappa shape index (κ3) is 3.40. The molecule has 0 saturated carbocycles. The molecular weight excluding hydrogens is 464 g/mol. The summed E-state index contributed by atoms with van der Waals surface area (Å²) in [6, 6.07) is 7.49. The number of carbonyl (C=O) groups excluding carboxylic acids is 3. The lowest BCUT2D eigenvalue weighted by Gasteiger charge is -2.36. The van der Waals surface area contributed by atoms with Crippen LogP contribution in [0, 0.1) is 5.92 Å². The molecule has 0 fully saturated rings. The number of methoxy groups -OCH3 is 2. The van der Waals surface area contributed by atoms with Crippen LogP contribution < -0.4 is 19.9 Å². The third-order valence-electron chi connectivity index (χ3n) is 6.01. The van der Waals surface area contributed by atoms with Crippen LogP contribution in [0.15, 0.2) is 46.7 Å². The van der Waals surface area contributed by atoms with Crippen molar-refractivity contribution in [2.45, 2.75) is 18.9 Å². The van der Waals surface area contributed by atoms with E-state index in [0.29, 0.717) is 11.3 Å². The number of allylic oxidation sites excluding steroid dienone is 1. The standard InChI is InChI=1S/C24H21ClN2O7/c1-11-8-15(28)14(10-27-13-6-4-12(5-7-13)23(26)31)21(29)24(11)22(30)18-16(32-2)9-17(33-3)19(25)20(18)34-24/h4-7,9-11,29H,8H2,1-3H3,(H2,26,31). The zero-order valence-corrected chi connectivity index (χ0v) is 19.3. The first-order valence-corrected chi connectivity index (χ1v) is 10.6. The van der Waals surface area contributed by atoms with Crippen molar-refractivity contribution in [2.24, 2.45) is 16.6 Å². The van der Waals surface area contributed by atoms with E-state index >= 15 is 0 Å². The second-order valence-electron chi connectivity index (χ2n) is 7.93. The fourth-order valence-corrected chi connectivity index (χ4v) is 4.43. The summed E-state index contributed by atoms with van der Waals surface area (Å²) < 4.78 is 16.6. The van der Waals surface area contributed by atoms with Gasteiger partial charge in [0, 0.05) is 30.2 Å². The molecule has 2 aromatic rings. The number of ether oxygens (including phenoxy) is 3. The fraction of sp³-hybridized carbons (Fsp3) is 0.250. The number of primary amides is 1. The quantitative estimate of drug-likeness (QED) is 0.618. The molecule has 4 rings (SSSR count). The SMILES string of the molecule is COc1cc(OC)c2c(c1Cl)OC1(C2=O)C(O)=C(C=Nc2ccc(C(N)=O)cc2)C(=O)CC1C. The summed E-state index contributed by atoms with van der Waals surface area (Å²) in [7, 11) is 2.79. The normalized spacial score (nSPS) is 21.7. The Bertz CT molecular complexity index is 1280. The number of halogens is 1. The molecule has 1 spiro atoms. The smallest absolute Gasteiger partial charge is 0.248 e. The maximum absolute atomic E-state index is 13.7. The van der Waals surface area contributed by atoms with Gasteiger partial charge in [-0.1, -0.05) is 18.5 Å². The Labute approximate surface area is 199 Å². The van der Waals surface area contributed by atoms with Gasteiger partial charge in [-0.05, 0) is 24.3 Å². The summed E-state index contributed by atoms with van der Waals surface area (Å²) in [6.07, 6.45) is 1.09. The monoisotopic (exact) mass is 484 g/mol. The van der Waals surface area contributed by atoms with Gasteiger partial charge in [-0.15, -0.1) is 0 Å². The average molecular weight is 485 g/mol. The molecule has 2 aromatic carbocycles. The van der Waals surface area contributed by atoms with E-state index in [-0.39, 0.29) is 39.8 Å². The van der Waals surface area contributed by atoms with Crippen molar-refractivity contribution in [3.8, 4) is 17.2 Å². The Morgan fingerprint density at radius 2 is 1.88 bits per heavy atom. The van der Waals surface area contributed by atoms with E-state index in [4.69, 9.17) is 31.5 Å². The summed E-state index contributed by atoms with van der Waals surface area (Å²) in [6.45, 7) is 1.63. The fourth-order valence-electron chi connectivity index (χ4n) is 4.16. The lowest BCUT2D eigenvalue weighted by atomic mass is 9.73. The van der Waals surface area contributed by atoms with Crippen LogP contribution in [0.5, 0.6) is 17.2 Å². The van der Waals surface area contributed by atoms with Crippen LogP contribution in [0.2, 0.25) is 5.02 Å². The summed E-state index contributed by atoms with van der Waals surface area (Å²) in [5, 5.41) is 11.3. The number of aliphatic hydroxyl groups excluding tert-OH is 1. The Morgan fingerprint density at radius 1 is 1.24 bits per heavy atom. The minimum absolute atomic E-state index is 0.00828. The van der Waals surface area contributed by atoms with E-state index in [2.05, 4.69) is 4.99 Å². The van der Waals surface area contributed by atoms with E-state index in [1.165, 1.54) is 50.8 Å². The molecular formula is C24H21ClN2O7.